The van der Waals surface area contributed by atoms with E-state index in [0.717, 1.165) is 19.5 Å². The Morgan fingerprint density at radius 2 is 1.47 bits per heavy atom. The molecule has 0 fully saturated rings. The van der Waals surface area contributed by atoms with Gasteiger partial charge < -0.3 is 9.64 Å². The van der Waals surface area contributed by atoms with Crippen molar-refractivity contribution in [3.63, 3.8) is 0 Å². The zero-order valence-electron chi connectivity index (χ0n) is 25.9. The van der Waals surface area contributed by atoms with Crippen molar-refractivity contribution in [2.45, 2.75) is 51.9 Å². The number of nitrogens with zero attached hydrogens (tertiary/aromatic N) is 2. The molecule has 2 aliphatic rings. The third-order valence-electron chi connectivity index (χ3n) is 9.27. The number of carbonyl (C=O) groups is 1. The molecule has 2 aliphatic heterocycles. The third kappa shape index (κ3) is 4.79. The zero-order chi connectivity index (χ0) is 30.2. The van der Waals surface area contributed by atoms with Crippen molar-refractivity contribution in [1.29, 1.82) is 0 Å². The van der Waals surface area contributed by atoms with Gasteiger partial charge in [-0.05, 0) is 66.1 Å². The van der Waals surface area contributed by atoms with Crippen molar-refractivity contribution in [2.75, 3.05) is 24.6 Å². The smallest absolute Gasteiger partial charge is 0.293 e. The first kappa shape index (κ1) is 28.7. The standard InChI is InChI=1S/C39H41N2O2/c1-6-40-32-23-21-28-15-10-12-17-30(28)36(32)38(2,3)34(40)19-8-7-9-20-35-39(4,5)37-31-18-13-11-16-29(31)22-24-33(37)41(35)25-14-26-43-27-42/h7-13,15-24,27H,6,14,25-26H2,1-5H3/q+1. The predicted molar refractivity (Wildman–Crippen MR) is 180 cm³/mol. The van der Waals surface area contributed by atoms with Gasteiger partial charge in [-0.25, -0.2) is 0 Å². The molecule has 0 saturated heterocycles. The Balaban J connectivity index is 1.33. The highest BCUT2D eigenvalue weighted by molar-refractivity contribution is 6.07. The molecule has 4 aromatic rings. The summed E-state index contributed by atoms with van der Waals surface area (Å²) in [7, 11) is 0. The highest BCUT2D eigenvalue weighted by Gasteiger charge is 2.45. The molecule has 0 amide bonds. The van der Waals surface area contributed by atoms with Crippen molar-refractivity contribution in [3.05, 3.63) is 120 Å². The van der Waals surface area contributed by atoms with E-state index in [1.807, 2.05) is 0 Å². The number of likely N-dealkylation sites (N-methyl/N-ethyl adjacent to an activating group) is 1. The van der Waals surface area contributed by atoms with Crippen LogP contribution in [-0.2, 0) is 20.4 Å². The quantitative estimate of drug-likeness (QED) is 0.0874. The van der Waals surface area contributed by atoms with Gasteiger partial charge in [-0.15, -0.1) is 0 Å². The molecule has 4 heteroatoms. The van der Waals surface area contributed by atoms with E-state index in [9.17, 15) is 4.79 Å². The second-order valence-corrected chi connectivity index (χ2v) is 12.5. The number of hydrogen-bond acceptors (Lipinski definition) is 3. The van der Waals surface area contributed by atoms with Gasteiger partial charge in [0.2, 0.25) is 5.69 Å². The highest BCUT2D eigenvalue weighted by atomic mass is 16.5. The predicted octanol–water partition coefficient (Wildman–Crippen LogP) is 8.75. The average molecular weight is 570 g/mol. The first-order valence-electron chi connectivity index (χ1n) is 15.4. The molecule has 43 heavy (non-hydrogen) atoms. The second kappa shape index (κ2) is 11.3. The Morgan fingerprint density at radius 3 is 2.16 bits per heavy atom. The minimum atomic E-state index is -0.181. The largest absolute Gasteiger partial charge is 0.468 e. The lowest BCUT2D eigenvalue weighted by molar-refractivity contribution is -0.438. The summed E-state index contributed by atoms with van der Waals surface area (Å²) in [5, 5.41) is 5.17. The van der Waals surface area contributed by atoms with Gasteiger partial charge in [0, 0.05) is 47.5 Å². The lowest BCUT2D eigenvalue weighted by Gasteiger charge is -2.26. The van der Waals surface area contributed by atoms with Gasteiger partial charge in [0.25, 0.3) is 6.47 Å². The lowest BCUT2D eigenvalue weighted by Crippen LogP contribution is -2.28. The molecule has 0 radical (unpaired) electrons. The molecule has 0 atom stereocenters. The van der Waals surface area contributed by atoms with Crippen LogP contribution >= 0.6 is 0 Å². The molecule has 0 spiro atoms. The fourth-order valence-corrected chi connectivity index (χ4v) is 7.36. The fraction of sp³-hybridized carbons (Fsp3) is 0.282. The van der Waals surface area contributed by atoms with Crippen molar-refractivity contribution >= 4 is 45.1 Å². The van der Waals surface area contributed by atoms with E-state index >= 15 is 0 Å². The number of fused-ring (bicyclic) bond motifs is 6. The van der Waals surface area contributed by atoms with Crippen LogP contribution in [0.3, 0.4) is 0 Å². The van der Waals surface area contributed by atoms with Crippen LogP contribution in [0.4, 0.5) is 11.4 Å². The molecular formula is C39H41N2O2+. The van der Waals surface area contributed by atoms with Gasteiger partial charge in [0.05, 0.1) is 12.0 Å². The van der Waals surface area contributed by atoms with Crippen LogP contribution in [0.15, 0.2) is 109 Å². The Kier molecular flexibility index (Phi) is 7.56. The maximum absolute atomic E-state index is 10.7. The Labute approximate surface area is 255 Å². The summed E-state index contributed by atoms with van der Waals surface area (Å²) in [6.45, 7) is 14.2. The van der Waals surface area contributed by atoms with Crippen molar-refractivity contribution < 1.29 is 14.1 Å². The van der Waals surface area contributed by atoms with Crippen LogP contribution in [0.5, 0.6) is 0 Å². The van der Waals surface area contributed by atoms with Gasteiger partial charge in [0.15, 0.2) is 12.3 Å². The van der Waals surface area contributed by atoms with Crippen LogP contribution in [0, 0.1) is 0 Å². The molecular weight excluding hydrogens is 528 g/mol. The molecule has 4 aromatic carbocycles. The normalized spacial score (nSPS) is 18.0. The number of carbonyl (C=O) groups excluding carboxylic acids is 1. The van der Waals surface area contributed by atoms with Gasteiger partial charge in [-0.3, -0.25) is 4.79 Å². The van der Waals surface area contributed by atoms with E-state index in [4.69, 9.17) is 4.74 Å². The molecule has 0 unspecified atom stereocenters. The van der Waals surface area contributed by atoms with Crippen LogP contribution in [0.2, 0.25) is 0 Å². The van der Waals surface area contributed by atoms with Gasteiger partial charge >= 0.3 is 0 Å². The Bertz CT molecular complexity index is 1840. The van der Waals surface area contributed by atoms with E-state index in [-0.39, 0.29) is 10.8 Å². The second-order valence-electron chi connectivity index (χ2n) is 12.5. The maximum atomic E-state index is 10.7. The summed E-state index contributed by atoms with van der Waals surface area (Å²) in [5.74, 6) is 0. The maximum Gasteiger partial charge on any atom is 0.293 e. The first-order chi connectivity index (χ1) is 20.8. The summed E-state index contributed by atoms with van der Waals surface area (Å²) in [5.41, 5.74) is 7.58. The Morgan fingerprint density at radius 1 is 0.791 bits per heavy atom. The van der Waals surface area contributed by atoms with Gasteiger partial charge in [-0.2, -0.15) is 4.58 Å². The number of hydrogen-bond donors (Lipinski definition) is 0. The highest BCUT2D eigenvalue weighted by Crippen LogP contribution is 2.50. The monoisotopic (exact) mass is 569 g/mol. The number of anilines is 1. The number of rotatable bonds is 9. The molecule has 2 heterocycles. The van der Waals surface area contributed by atoms with Gasteiger partial charge in [-0.1, -0.05) is 86.7 Å². The van der Waals surface area contributed by atoms with E-state index in [1.54, 1.807) is 0 Å². The summed E-state index contributed by atoms with van der Waals surface area (Å²) in [4.78, 5) is 13.2. The Hall–Kier alpha value is -4.44. The van der Waals surface area contributed by atoms with Crippen LogP contribution < -0.4 is 4.90 Å². The average Bonchev–Trinajstić information content (AvgIpc) is 3.37. The summed E-state index contributed by atoms with van der Waals surface area (Å²) in [6, 6.07) is 26.3. The number of ether oxygens (including phenoxy) is 1. The molecule has 0 saturated carbocycles. The fourth-order valence-electron chi connectivity index (χ4n) is 7.36. The topological polar surface area (TPSA) is 32.5 Å². The lowest BCUT2D eigenvalue weighted by atomic mass is 9.79. The van der Waals surface area contributed by atoms with Gasteiger partial charge in [0.1, 0.15) is 0 Å². The van der Waals surface area contributed by atoms with Crippen molar-refractivity contribution in [3.8, 4) is 0 Å². The van der Waals surface area contributed by atoms with E-state index < -0.39 is 0 Å². The van der Waals surface area contributed by atoms with Crippen LogP contribution in [-0.4, -0.2) is 36.5 Å². The molecule has 218 valence electrons. The van der Waals surface area contributed by atoms with E-state index in [0.29, 0.717) is 13.1 Å². The van der Waals surface area contributed by atoms with E-state index in [2.05, 4.69) is 147 Å². The van der Waals surface area contributed by atoms with E-state index in [1.165, 1.54) is 55.5 Å². The molecule has 6 rings (SSSR count). The summed E-state index contributed by atoms with van der Waals surface area (Å²) < 4.78 is 7.43. The zero-order valence-corrected chi connectivity index (χ0v) is 25.9. The minimum Gasteiger partial charge on any atom is -0.468 e. The van der Waals surface area contributed by atoms with Crippen LogP contribution in [0.25, 0.3) is 21.5 Å². The molecule has 0 aromatic heterocycles. The summed E-state index contributed by atoms with van der Waals surface area (Å²) >= 11 is 0. The molecule has 4 nitrogen and oxygen atoms in total. The SMILES string of the molecule is CCN1/C(=C/C=C/C=C/C2=[N+](CCCOC=O)c3ccc4ccccc4c3C2(C)C)C(C)(C)c2c1ccc1ccccc21. The molecule has 0 aliphatic carbocycles. The minimum absolute atomic E-state index is 0.106. The molecule has 0 N–H and O–H groups in total. The summed E-state index contributed by atoms with van der Waals surface area (Å²) in [6.07, 6.45) is 11.8. The number of benzene rings is 4. The first-order valence-corrected chi connectivity index (χ1v) is 15.4. The third-order valence-corrected chi connectivity index (χ3v) is 9.27. The molecule has 0 bridgehead atoms. The van der Waals surface area contributed by atoms with Crippen LogP contribution in [0.1, 0.15) is 52.2 Å². The van der Waals surface area contributed by atoms with Crippen molar-refractivity contribution in [1.82, 2.24) is 0 Å². The number of allylic oxidation sites excluding steroid dienone is 6. The van der Waals surface area contributed by atoms with Crippen molar-refractivity contribution in [2.24, 2.45) is 0 Å².